The average molecular weight is 281 g/mol. The van der Waals surface area contributed by atoms with Crippen LogP contribution in [0, 0.1) is 6.92 Å². The van der Waals surface area contributed by atoms with Crippen LogP contribution in [-0.2, 0) is 11.2 Å². The summed E-state index contributed by atoms with van der Waals surface area (Å²) in [6.45, 7) is 2.03. The minimum absolute atomic E-state index is 0.0470. The average Bonchev–Trinajstić information content (AvgIpc) is 3.28. The molecule has 1 fully saturated rings. The van der Waals surface area contributed by atoms with E-state index in [1.807, 2.05) is 43.3 Å². The summed E-state index contributed by atoms with van der Waals surface area (Å²) in [7, 11) is 0. The zero-order valence-corrected chi connectivity index (χ0v) is 12.1. The quantitative estimate of drug-likeness (QED) is 0.885. The van der Waals surface area contributed by atoms with Crippen molar-refractivity contribution in [2.24, 2.45) is 0 Å². The Morgan fingerprint density at radius 1 is 1.19 bits per heavy atom. The Morgan fingerprint density at radius 2 is 1.95 bits per heavy atom. The lowest BCUT2D eigenvalue weighted by molar-refractivity contribution is -0.115. The first-order chi connectivity index (χ1) is 10.2. The Kier molecular flexibility index (Phi) is 3.86. The molecule has 108 valence electrons. The monoisotopic (exact) mass is 281 g/mol. The van der Waals surface area contributed by atoms with E-state index in [2.05, 4.69) is 15.6 Å². The molecule has 1 aromatic carbocycles. The van der Waals surface area contributed by atoms with E-state index >= 15 is 0 Å². The molecule has 1 heterocycles. The van der Waals surface area contributed by atoms with Crippen LogP contribution in [0.4, 0.5) is 11.5 Å². The van der Waals surface area contributed by atoms with Crippen LogP contribution < -0.4 is 10.6 Å². The molecule has 0 atom stereocenters. The summed E-state index contributed by atoms with van der Waals surface area (Å²) in [6.07, 6.45) is 4.59. The lowest BCUT2D eigenvalue weighted by Gasteiger charge is -2.07. The van der Waals surface area contributed by atoms with Crippen LogP contribution >= 0.6 is 0 Å². The van der Waals surface area contributed by atoms with E-state index in [-0.39, 0.29) is 5.91 Å². The number of nitrogens with one attached hydrogen (secondary N) is 2. The maximum absolute atomic E-state index is 12.0. The minimum Gasteiger partial charge on any atom is -0.381 e. The number of benzene rings is 1. The number of rotatable bonds is 5. The van der Waals surface area contributed by atoms with Crippen LogP contribution in [-0.4, -0.2) is 16.9 Å². The Hall–Kier alpha value is -2.36. The van der Waals surface area contributed by atoms with E-state index < -0.39 is 0 Å². The number of hydrogen-bond donors (Lipinski definition) is 2. The fraction of sp³-hybridized carbons (Fsp3) is 0.294. The van der Waals surface area contributed by atoms with E-state index in [1.165, 1.54) is 18.4 Å². The molecule has 0 unspecified atom stereocenters. The van der Waals surface area contributed by atoms with Crippen molar-refractivity contribution in [1.29, 1.82) is 0 Å². The summed E-state index contributed by atoms with van der Waals surface area (Å²) in [6, 6.07) is 12.4. The lowest BCUT2D eigenvalue weighted by Crippen LogP contribution is -2.15. The largest absolute Gasteiger partial charge is 0.381 e. The Morgan fingerprint density at radius 3 is 2.57 bits per heavy atom. The molecule has 2 aromatic rings. The molecule has 1 aliphatic rings. The highest BCUT2D eigenvalue weighted by Gasteiger charge is 2.20. The van der Waals surface area contributed by atoms with Gasteiger partial charge in [0.05, 0.1) is 18.3 Å². The van der Waals surface area contributed by atoms with Crippen LogP contribution in [0.3, 0.4) is 0 Å². The fourth-order valence-electron chi connectivity index (χ4n) is 2.09. The van der Waals surface area contributed by atoms with Gasteiger partial charge in [-0.3, -0.25) is 4.79 Å². The van der Waals surface area contributed by atoms with Crippen molar-refractivity contribution >= 4 is 17.4 Å². The standard InChI is InChI=1S/C17H19N3O/c1-12-2-4-13(5-3-12)10-17(21)20-16-9-8-15(11-18-16)19-14-6-7-14/h2-5,8-9,11,14,19H,6-7,10H2,1H3,(H,18,20,21). The molecule has 3 rings (SSSR count). The summed E-state index contributed by atoms with van der Waals surface area (Å²) in [4.78, 5) is 16.2. The van der Waals surface area contributed by atoms with Crippen LogP contribution in [0.15, 0.2) is 42.6 Å². The molecule has 0 spiro atoms. The van der Waals surface area contributed by atoms with Gasteiger partial charge in [-0.05, 0) is 37.5 Å². The summed E-state index contributed by atoms with van der Waals surface area (Å²) in [5.41, 5.74) is 3.21. The second-order valence-corrected chi connectivity index (χ2v) is 5.56. The van der Waals surface area contributed by atoms with Gasteiger partial charge in [0.25, 0.3) is 0 Å². The van der Waals surface area contributed by atoms with Crippen molar-refractivity contribution in [3.63, 3.8) is 0 Å². The Bertz CT molecular complexity index is 615. The van der Waals surface area contributed by atoms with Gasteiger partial charge in [-0.1, -0.05) is 29.8 Å². The number of aromatic nitrogens is 1. The summed E-state index contributed by atoms with van der Waals surface area (Å²) < 4.78 is 0. The molecule has 4 nitrogen and oxygen atoms in total. The van der Waals surface area contributed by atoms with Crippen LogP contribution in [0.25, 0.3) is 0 Å². The molecule has 1 aromatic heterocycles. The maximum Gasteiger partial charge on any atom is 0.229 e. The second kappa shape index (κ2) is 5.95. The highest BCUT2D eigenvalue weighted by atomic mass is 16.1. The number of pyridine rings is 1. The molecule has 1 amide bonds. The van der Waals surface area contributed by atoms with Crippen molar-refractivity contribution in [3.8, 4) is 0 Å². The van der Waals surface area contributed by atoms with Crippen LogP contribution in [0.2, 0.25) is 0 Å². The molecule has 0 saturated heterocycles. The molecular weight excluding hydrogens is 262 g/mol. The number of amides is 1. The molecule has 0 radical (unpaired) electrons. The zero-order chi connectivity index (χ0) is 14.7. The number of carbonyl (C=O) groups excluding carboxylic acids is 1. The van der Waals surface area contributed by atoms with Gasteiger partial charge in [-0.15, -0.1) is 0 Å². The first-order valence-corrected chi connectivity index (χ1v) is 7.27. The fourth-order valence-corrected chi connectivity index (χ4v) is 2.09. The second-order valence-electron chi connectivity index (χ2n) is 5.56. The zero-order valence-electron chi connectivity index (χ0n) is 12.1. The topological polar surface area (TPSA) is 54.0 Å². The smallest absolute Gasteiger partial charge is 0.229 e. The number of anilines is 2. The third kappa shape index (κ3) is 4.05. The predicted molar refractivity (Wildman–Crippen MR) is 84.4 cm³/mol. The van der Waals surface area contributed by atoms with Gasteiger partial charge in [0.15, 0.2) is 0 Å². The molecule has 2 N–H and O–H groups in total. The number of aryl methyl sites for hydroxylation is 1. The van der Waals surface area contributed by atoms with Crippen molar-refractivity contribution in [1.82, 2.24) is 4.98 Å². The third-order valence-electron chi connectivity index (χ3n) is 3.46. The van der Waals surface area contributed by atoms with Gasteiger partial charge in [-0.25, -0.2) is 4.98 Å². The van der Waals surface area contributed by atoms with Crippen molar-refractivity contribution in [2.75, 3.05) is 10.6 Å². The first kappa shape index (κ1) is 13.6. The number of carbonyl (C=O) groups is 1. The molecule has 4 heteroatoms. The molecule has 0 bridgehead atoms. The SMILES string of the molecule is Cc1ccc(CC(=O)Nc2ccc(NC3CC3)cn2)cc1. The van der Waals surface area contributed by atoms with E-state index in [0.29, 0.717) is 18.3 Å². The van der Waals surface area contributed by atoms with Gasteiger partial charge in [0.2, 0.25) is 5.91 Å². The molecule has 21 heavy (non-hydrogen) atoms. The van der Waals surface area contributed by atoms with E-state index in [4.69, 9.17) is 0 Å². The Labute approximate surface area is 124 Å². The highest BCUT2D eigenvalue weighted by Crippen LogP contribution is 2.24. The van der Waals surface area contributed by atoms with Crippen molar-refractivity contribution in [3.05, 3.63) is 53.7 Å². The van der Waals surface area contributed by atoms with Gasteiger partial charge in [-0.2, -0.15) is 0 Å². The van der Waals surface area contributed by atoms with Gasteiger partial charge in [0, 0.05) is 6.04 Å². The van der Waals surface area contributed by atoms with E-state index in [9.17, 15) is 4.79 Å². The number of hydrogen-bond acceptors (Lipinski definition) is 3. The van der Waals surface area contributed by atoms with E-state index in [1.54, 1.807) is 6.20 Å². The van der Waals surface area contributed by atoms with Crippen molar-refractivity contribution < 1.29 is 4.79 Å². The maximum atomic E-state index is 12.0. The highest BCUT2D eigenvalue weighted by molar-refractivity contribution is 5.91. The summed E-state index contributed by atoms with van der Waals surface area (Å²) in [5.74, 6) is 0.544. The molecule has 0 aliphatic heterocycles. The van der Waals surface area contributed by atoms with Gasteiger partial charge in [0.1, 0.15) is 5.82 Å². The Balaban J connectivity index is 1.55. The summed E-state index contributed by atoms with van der Waals surface area (Å²) in [5, 5.41) is 6.19. The minimum atomic E-state index is -0.0470. The molecular formula is C17H19N3O. The first-order valence-electron chi connectivity index (χ1n) is 7.27. The summed E-state index contributed by atoms with van der Waals surface area (Å²) >= 11 is 0. The van der Waals surface area contributed by atoms with Gasteiger partial charge < -0.3 is 10.6 Å². The van der Waals surface area contributed by atoms with Gasteiger partial charge >= 0.3 is 0 Å². The van der Waals surface area contributed by atoms with Crippen LogP contribution in [0.1, 0.15) is 24.0 Å². The normalized spacial score (nSPS) is 13.8. The van der Waals surface area contributed by atoms with E-state index in [0.717, 1.165) is 11.3 Å². The molecule has 1 saturated carbocycles. The van der Waals surface area contributed by atoms with Crippen molar-refractivity contribution in [2.45, 2.75) is 32.2 Å². The lowest BCUT2D eigenvalue weighted by atomic mass is 10.1. The molecule has 1 aliphatic carbocycles. The number of nitrogens with zero attached hydrogens (tertiary/aromatic N) is 1. The van der Waals surface area contributed by atoms with Crippen LogP contribution in [0.5, 0.6) is 0 Å². The third-order valence-corrected chi connectivity index (χ3v) is 3.46. The predicted octanol–water partition coefficient (Wildman–Crippen LogP) is 3.15.